The van der Waals surface area contributed by atoms with Crippen LogP contribution >= 0.6 is 11.8 Å². The lowest BCUT2D eigenvalue weighted by molar-refractivity contribution is 0.443. The van der Waals surface area contributed by atoms with Crippen LogP contribution in [-0.2, 0) is 16.6 Å². The summed E-state index contributed by atoms with van der Waals surface area (Å²) in [6, 6.07) is 0. The first-order valence-electron chi connectivity index (χ1n) is 7.85. The highest BCUT2D eigenvalue weighted by molar-refractivity contribution is 7.99. The molecule has 2 heterocycles. The average Bonchev–Trinajstić information content (AvgIpc) is 2.89. The van der Waals surface area contributed by atoms with E-state index in [1.165, 1.54) is 0 Å². The first-order valence-corrected chi connectivity index (χ1v) is 10.6. The topological polar surface area (TPSA) is 99.8 Å². The van der Waals surface area contributed by atoms with E-state index in [0.29, 0.717) is 38.0 Å². The maximum absolute atomic E-state index is 12.3. The zero-order valence-electron chi connectivity index (χ0n) is 14.3. The molecule has 0 amide bonds. The third kappa shape index (κ3) is 5.38. The standard InChI is InChI=1S/C14H25N5O3S2/c1-11-12(2)22-13(18-11)10-17-14(15-3)16-4-9-24(20,21)19-5-7-23-8-6-19/h4-10H2,1-3H3,(H2,15,16,17). The van der Waals surface area contributed by atoms with Crippen molar-refractivity contribution in [3.05, 3.63) is 17.3 Å². The first-order chi connectivity index (χ1) is 11.4. The molecule has 136 valence electrons. The second-order valence-corrected chi connectivity index (χ2v) is 8.74. The van der Waals surface area contributed by atoms with Crippen LogP contribution in [0.4, 0.5) is 0 Å². The number of aliphatic imine (C=N–C) groups is 1. The van der Waals surface area contributed by atoms with Crippen molar-refractivity contribution in [3.63, 3.8) is 0 Å². The Balaban J connectivity index is 1.76. The van der Waals surface area contributed by atoms with Crippen molar-refractivity contribution in [2.45, 2.75) is 20.4 Å². The number of thioether (sulfide) groups is 1. The van der Waals surface area contributed by atoms with Gasteiger partial charge in [0.2, 0.25) is 15.9 Å². The van der Waals surface area contributed by atoms with Gasteiger partial charge in [-0.15, -0.1) is 0 Å². The molecule has 1 aliphatic heterocycles. The molecule has 1 saturated heterocycles. The Labute approximate surface area is 147 Å². The van der Waals surface area contributed by atoms with E-state index in [9.17, 15) is 8.42 Å². The fraction of sp³-hybridized carbons (Fsp3) is 0.714. The van der Waals surface area contributed by atoms with E-state index in [1.807, 2.05) is 13.8 Å². The van der Waals surface area contributed by atoms with Crippen molar-refractivity contribution >= 4 is 27.7 Å². The molecule has 1 aliphatic rings. The lowest BCUT2D eigenvalue weighted by Gasteiger charge is -2.25. The number of oxazole rings is 1. The van der Waals surface area contributed by atoms with Gasteiger partial charge in [0.05, 0.1) is 18.0 Å². The fourth-order valence-corrected chi connectivity index (χ4v) is 4.74. The zero-order chi connectivity index (χ0) is 17.6. The van der Waals surface area contributed by atoms with Crippen LogP contribution in [0.25, 0.3) is 0 Å². The van der Waals surface area contributed by atoms with Gasteiger partial charge in [-0.05, 0) is 13.8 Å². The summed E-state index contributed by atoms with van der Waals surface area (Å²) in [5, 5.41) is 6.08. The molecule has 0 bridgehead atoms. The fourth-order valence-electron chi connectivity index (χ4n) is 2.25. The molecule has 8 nitrogen and oxygen atoms in total. The van der Waals surface area contributed by atoms with E-state index in [2.05, 4.69) is 20.6 Å². The summed E-state index contributed by atoms with van der Waals surface area (Å²) in [6.07, 6.45) is 0. The smallest absolute Gasteiger partial charge is 0.215 e. The normalized spacial score (nSPS) is 17.0. The molecule has 0 radical (unpaired) electrons. The molecule has 1 fully saturated rings. The predicted octanol–water partition coefficient (Wildman–Crippen LogP) is 0.335. The summed E-state index contributed by atoms with van der Waals surface area (Å²) in [6.45, 7) is 5.65. The number of nitrogens with zero attached hydrogens (tertiary/aromatic N) is 3. The summed E-state index contributed by atoms with van der Waals surface area (Å²) in [5.41, 5.74) is 0.862. The Hall–Kier alpha value is -1.26. The highest BCUT2D eigenvalue weighted by atomic mass is 32.2. The quantitative estimate of drug-likeness (QED) is 0.546. The van der Waals surface area contributed by atoms with Crippen LogP contribution in [0, 0.1) is 13.8 Å². The molecule has 0 atom stereocenters. The number of aryl methyl sites for hydroxylation is 2. The third-order valence-electron chi connectivity index (χ3n) is 3.72. The van der Waals surface area contributed by atoms with Gasteiger partial charge < -0.3 is 15.1 Å². The van der Waals surface area contributed by atoms with Crippen LogP contribution in [-0.4, -0.2) is 67.6 Å². The minimum Gasteiger partial charge on any atom is -0.444 e. The second-order valence-electron chi connectivity index (χ2n) is 5.43. The van der Waals surface area contributed by atoms with E-state index in [1.54, 1.807) is 23.1 Å². The Bertz CT molecular complexity index is 646. The molecular weight excluding hydrogens is 350 g/mol. The largest absolute Gasteiger partial charge is 0.444 e. The molecule has 0 aromatic carbocycles. The van der Waals surface area contributed by atoms with Gasteiger partial charge in [-0.1, -0.05) is 0 Å². The lowest BCUT2D eigenvalue weighted by Crippen LogP contribution is -2.44. The van der Waals surface area contributed by atoms with Crippen LogP contribution in [0.1, 0.15) is 17.3 Å². The van der Waals surface area contributed by atoms with Gasteiger partial charge in [-0.2, -0.15) is 11.8 Å². The highest BCUT2D eigenvalue weighted by Gasteiger charge is 2.23. The predicted molar refractivity (Wildman–Crippen MR) is 96.9 cm³/mol. The molecule has 1 aromatic heterocycles. The highest BCUT2D eigenvalue weighted by Crippen LogP contribution is 2.13. The molecule has 0 aliphatic carbocycles. The molecule has 1 aromatic rings. The van der Waals surface area contributed by atoms with Crippen molar-refractivity contribution in [1.29, 1.82) is 0 Å². The van der Waals surface area contributed by atoms with Crippen LogP contribution in [0.5, 0.6) is 0 Å². The number of guanidine groups is 1. The summed E-state index contributed by atoms with van der Waals surface area (Å²) < 4.78 is 31.6. The maximum atomic E-state index is 12.3. The summed E-state index contributed by atoms with van der Waals surface area (Å²) in [4.78, 5) is 8.36. The molecule has 2 N–H and O–H groups in total. The van der Waals surface area contributed by atoms with E-state index in [4.69, 9.17) is 4.42 Å². The second kappa shape index (κ2) is 8.72. The van der Waals surface area contributed by atoms with Crippen molar-refractivity contribution in [3.8, 4) is 0 Å². The van der Waals surface area contributed by atoms with Crippen LogP contribution in [0.3, 0.4) is 0 Å². The molecular formula is C14H25N5O3S2. The maximum Gasteiger partial charge on any atom is 0.215 e. The van der Waals surface area contributed by atoms with Crippen molar-refractivity contribution < 1.29 is 12.8 Å². The van der Waals surface area contributed by atoms with Gasteiger partial charge in [-0.3, -0.25) is 4.99 Å². The third-order valence-corrected chi connectivity index (χ3v) is 6.53. The SMILES string of the molecule is CN=C(NCCS(=O)(=O)N1CCSCC1)NCc1nc(C)c(C)o1. The van der Waals surface area contributed by atoms with Gasteiger partial charge in [0.15, 0.2) is 5.96 Å². The molecule has 24 heavy (non-hydrogen) atoms. The van der Waals surface area contributed by atoms with E-state index in [0.717, 1.165) is 23.0 Å². The van der Waals surface area contributed by atoms with Crippen LogP contribution in [0.15, 0.2) is 9.41 Å². The molecule has 2 rings (SSSR count). The van der Waals surface area contributed by atoms with Crippen molar-refractivity contribution in [2.75, 3.05) is 43.9 Å². The Morgan fingerprint density at radius 1 is 1.33 bits per heavy atom. The summed E-state index contributed by atoms with van der Waals surface area (Å²) >= 11 is 1.79. The summed E-state index contributed by atoms with van der Waals surface area (Å²) in [7, 11) is -1.58. The number of aromatic nitrogens is 1. The zero-order valence-corrected chi connectivity index (χ0v) is 16.0. The Morgan fingerprint density at radius 3 is 2.62 bits per heavy atom. The molecule has 0 spiro atoms. The Kier molecular flexibility index (Phi) is 6.93. The molecule has 0 unspecified atom stereocenters. The van der Waals surface area contributed by atoms with E-state index in [-0.39, 0.29) is 5.75 Å². The van der Waals surface area contributed by atoms with Gasteiger partial charge >= 0.3 is 0 Å². The monoisotopic (exact) mass is 375 g/mol. The van der Waals surface area contributed by atoms with Gasteiger partial charge in [0.1, 0.15) is 5.76 Å². The van der Waals surface area contributed by atoms with Gasteiger partial charge in [-0.25, -0.2) is 17.7 Å². The van der Waals surface area contributed by atoms with Crippen LogP contribution < -0.4 is 10.6 Å². The Morgan fingerprint density at radius 2 is 2.04 bits per heavy atom. The number of hydrogen-bond donors (Lipinski definition) is 2. The van der Waals surface area contributed by atoms with Crippen molar-refractivity contribution in [1.82, 2.24) is 19.9 Å². The molecule has 10 heteroatoms. The number of hydrogen-bond acceptors (Lipinski definition) is 6. The van der Waals surface area contributed by atoms with E-state index >= 15 is 0 Å². The molecule has 0 saturated carbocycles. The lowest BCUT2D eigenvalue weighted by atomic mass is 10.4. The number of sulfonamides is 1. The van der Waals surface area contributed by atoms with E-state index < -0.39 is 10.0 Å². The van der Waals surface area contributed by atoms with Gasteiger partial charge in [0.25, 0.3) is 0 Å². The summed E-state index contributed by atoms with van der Waals surface area (Å²) in [5.74, 6) is 3.67. The number of nitrogens with one attached hydrogen (secondary N) is 2. The minimum absolute atomic E-state index is 0.0512. The van der Waals surface area contributed by atoms with Crippen molar-refractivity contribution in [2.24, 2.45) is 4.99 Å². The van der Waals surface area contributed by atoms with Crippen LogP contribution in [0.2, 0.25) is 0 Å². The van der Waals surface area contributed by atoms with Gasteiger partial charge in [0, 0.05) is 38.2 Å². The average molecular weight is 376 g/mol. The number of rotatable bonds is 6. The first kappa shape index (κ1) is 19.1. The minimum atomic E-state index is -3.21.